The van der Waals surface area contributed by atoms with Crippen LogP contribution < -0.4 is 9.47 Å². The third kappa shape index (κ3) is 2.70. The van der Waals surface area contributed by atoms with Crippen LogP contribution >= 0.6 is 0 Å². The van der Waals surface area contributed by atoms with E-state index in [0.717, 1.165) is 25.0 Å². The second-order valence-corrected chi connectivity index (χ2v) is 4.38. The normalized spacial score (nSPS) is 17.0. The first-order chi connectivity index (χ1) is 8.13. The molecule has 0 heterocycles. The second kappa shape index (κ2) is 4.65. The maximum absolute atomic E-state index is 10.8. The fourth-order valence-corrected chi connectivity index (χ4v) is 2.06. The Balaban J connectivity index is 2.04. The molecule has 2 rings (SSSR count). The predicted molar refractivity (Wildman–Crippen MR) is 62.5 cm³/mol. The molecule has 4 heteroatoms. The summed E-state index contributed by atoms with van der Waals surface area (Å²) in [5.41, 5.74) is -0.500. The standard InChI is InChI=1S/C13H16O4/c1-16-10-3-5-11(6-4-10)17-13(7-2-8-13)9-12(14)15/h3-6H,2,7-9H2,1H3,(H,14,15). The van der Waals surface area contributed by atoms with Crippen LogP contribution in [-0.4, -0.2) is 23.8 Å². The van der Waals surface area contributed by atoms with Crippen LogP contribution in [0, 0.1) is 0 Å². The van der Waals surface area contributed by atoms with E-state index < -0.39 is 11.6 Å². The first-order valence-corrected chi connectivity index (χ1v) is 5.68. The topological polar surface area (TPSA) is 55.8 Å². The molecule has 0 atom stereocenters. The number of benzene rings is 1. The summed E-state index contributed by atoms with van der Waals surface area (Å²) < 4.78 is 10.9. The molecule has 1 N–H and O–H groups in total. The van der Waals surface area contributed by atoms with Crippen LogP contribution in [0.1, 0.15) is 25.7 Å². The van der Waals surface area contributed by atoms with Crippen molar-refractivity contribution in [3.05, 3.63) is 24.3 Å². The van der Waals surface area contributed by atoms with Gasteiger partial charge in [0, 0.05) is 0 Å². The molecule has 1 fully saturated rings. The fraction of sp³-hybridized carbons (Fsp3) is 0.462. The van der Waals surface area contributed by atoms with Crippen LogP contribution in [0.2, 0.25) is 0 Å². The molecule has 17 heavy (non-hydrogen) atoms. The molecular weight excluding hydrogens is 220 g/mol. The number of carboxylic acid groups (broad SMARTS) is 1. The zero-order valence-corrected chi connectivity index (χ0v) is 9.81. The summed E-state index contributed by atoms with van der Waals surface area (Å²) in [4.78, 5) is 10.8. The fourth-order valence-electron chi connectivity index (χ4n) is 2.06. The van der Waals surface area contributed by atoms with Crippen molar-refractivity contribution in [1.82, 2.24) is 0 Å². The Morgan fingerprint density at radius 3 is 2.29 bits per heavy atom. The molecule has 0 radical (unpaired) electrons. The summed E-state index contributed by atoms with van der Waals surface area (Å²) >= 11 is 0. The van der Waals surface area contributed by atoms with Crippen LogP contribution in [0.25, 0.3) is 0 Å². The lowest BCUT2D eigenvalue weighted by molar-refractivity contribution is -0.144. The quantitative estimate of drug-likeness (QED) is 0.853. The molecule has 0 aliphatic heterocycles. The molecular formula is C13H16O4. The third-order valence-corrected chi connectivity index (χ3v) is 3.13. The van der Waals surface area contributed by atoms with Crippen molar-refractivity contribution < 1.29 is 19.4 Å². The molecule has 0 bridgehead atoms. The van der Waals surface area contributed by atoms with E-state index in [1.54, 1.807) is 19.2 Å². The highest BCUT2D eigenvalue weighted by Crippen LogP contribution is 2.39. The number of rotatable bonds is 5. The highest BCUT2D eigenvalue weighted by Gasteiger charge is 2.41. The van der Waals surface area contributed by atoms with Gasteiger partial charge in [-0.15, -0.1) is 0 Å². The van der Waals surface area contributed by atoms with Crippen molar-refractivity contribution in [3.8, 4) is 11.5 Å². The zero-order chi connectivity index (χ0) is 12.3. The Kier molecular flexibility index (Phi) is 3.22. The van der Waals surface area contributed by atoms with Crippen molar-refractivity contribution in [2.75, 3.05) is 7.11 Å². The Hall–Kier alpha value is -1.71. The van der Waals surface area contributed by atoms with Gasteiger partial charge in [0.2, 0.25) is 0 Å². The summed E-state index contributed by atoms with van der Waals surface area (Å²) in [5.74, 6) is 0.656. The van der Waals surface area contributed by atoms with Crippen molar-refractivity contribution >= 4 is 5.97 Å². The molecule has 0 amide bonds. The van der Waals surface area contributed by atoms with E-state index in [4.69, 9.17) is 14.6 Å². The Morgan fingerprint density at radius 1 is 1.29 bits per heavy atom. The van der Waals surface area contributed by atoms with Crippen LogP contribution in [0.3, 0.4) is 0 Å². The summed E-state index contributed by atoms with van der Waals surface area (Å²) in [6.07, 6.45) is 2.72. The van der Waals surface area contributed by atoms with Crippen molar-refractivity contribution in [2.45, 2.75) is 31.3 Å². The van der Waals surface area contributed by atoms with Gasteiger partial charge in [-0.05, 0) is 43.5 Å². The van der Waals surface area contributed by atoms with E-state index in [0.29, 0.717) is 5.75 Å². The lowest BCUT2D eigenvalue weighted by Crippen LogP contribution is -2.45. The minimum atomic E-state index is -0.807. The van der Waals surface area contributed by atoms with Crippen LogP contribution in [0.5, 0.6) is 11.5 Å². The molecule has 0 aromatic heterocycles. The molecule has 1 saturated carbocycles. The number of carboxylic acids is 1. The first kappa shape index (κ1) is 11.8. The molecule has 1 aromatic rings. The van der Waals surface area contributed by atoms with Gasteiger partial charge in [-0.3, -0.25) is 4.79 Å². The SMILES string of the molecule is COc1ccc(OC2(CC(=O)O)CCC2)cc1. The van der Waals surface area contributed by atoms with Crippen LogP contribution in [-0.2, 0) is 4.79 Å². The average molecular weight is 236 g/mol. The maximum atomic E-state index is 10.8. The maximum Gasteiger partial charge on any atom is 0.307 e. The van der Waals surface area contributed by atoms with E-state index in [9.17, 15) is 4.79 Å². The number of hydrogen-bond acceptors (Lipinski definition) is 3. The number of methoxy groups -OCH3 is 1. The van der Waals surface area contributed by atoms with Crippen molar-refractivity contribution in [2.24, 2.45) is 0 Å². The molecule has 0 unspecified atom stereocenters. The molecule has 0 saturated heterocycles. The van der Waals surface area contributed by atoms with Gasteiger partial charge in [0.15, 0.2) is 0 Å². The highest BCUT2D eigenvalue weighted by atomic mass is 16.5. The number of aliphatic carboxylic acids is 1. The van der Waals surface area contributed by atoms with Gasteiger partial charge < -0.3 is 14.6 Å². The Labute approximate surface area is 100 Å². The van der Waals surface area contributed by atoms with E-state index in [1.807, 2.05) is 12.1 Å². The Morgan fingerprint density at radius 2 is 1.88 bits per heavy atom. The van der Waals surface area contributed by atoms with E-state index in [1.165, 1.54) is 0 Å². The van der Waals surface area contributed by atoms with Gasteiger partial charge in [-0.2, -0.15) is 0 Å². The molecule has 1 aromatic carbocycles. The van der Waals surface area contributed by atoms with Gasteiger partial charge in [-0.25, -0.2) is 0 Å². The molecule has 92 valence electrons. The lowest BCUT2D eigenvalue weighted by atomic mass is 9.77. The first-order valence-electron chi connectivity index (χ1n) is 5.68. The summed E-state index contributed by atoms with van der Waals surface area (Å²) in [6, 6.07) is 7.23. The minimum Gasteiger partial charge on any atom is -0.497 e. The smallest absolute Gasteiger partial charge is 0.307 e. The van der Waals surface area contributed by atoms with E-state index in [2.05, 4.69) is 0 Å². The van der Waals surface area contributed by atoms with E-state index >= 15 is 0 Å². The highest BCUT2D eigenvalue weighted by molar-refractivity contribution is 5.68. The zero-order valence-electron chi connectivity index (χ0n) is 9.81. The summed E-state index contributed by atoms with van der Waals surface area (Å²) in [7, 11) is 1.60. The van der Waals surface area contributed by atoms with Crippen molar-refractivity contribution in [1.29, 1.82) is 0 Å². The average Bonchev–Trinajstić information content (AvgIpc) is 2.26. The molecule has 4 nitrogen and oxygen atoms in total. The largest absolute Gasteiger partial charge is 0.497 e. The van der Waals surface area contributed by atoms with Gasteiger partial charge in [0.25, 0.3) is 0 Å². The lowest BCUT2D eigenvalue weighted by Gasteiger charge is -2.40. The molecule has 0 spiro atoms. The summed E-state index contributed by atoms with van der Waals surface area (Å²) in [6.45, 7) is 0. The van der Waals surface area contributed by atoms with Crippen molar-refractivity contribution in [3.63, 3.8) is 0 Å². The number of ether oxygens (including phenoxy) is 2. The number of hydrogen-bond donors (Lipinski definition) is 1. The molecule has 1 aliphatic carbocycles. The van der Waals surface area contributed by atoms with Gasteiger partial charge in [0.05, 0.1) is 13.5 Å². The predicted octanol–water partition coefficient (Wildman–Crippen LogP) is 2.47. The number of carbonyl (C=O) groups is 1. The second-order valence-electron chi connectivity index (χ2n) is 4.38. The monoisotopic (exact) mass is 236 g/mol. The Bertz CT molecular complexity index is 392. The van der Waals surface area contributed by atoms with Crippen LogP contribution in [0.15, 0.2) is 24.3 Å². The van der Waals surface area contributed by atoms with E-state index in [-0.39, 0.29) is 6.42 Å². The summed E-state index contributed by atoms with van der Waals surface area (Å²) in [5, 5.41) is 8.87. The molecule has 1 aliphatic rings. The third-order valence-electron chi connectivity index (χ3n) is 3.13. The van der Waals surface area contributed by atoms with Gasteiger partial charge in [0.1, 0.15) is 17.1 Å². The van der Waals surface area contributed by atoms with Gasteiger partial charge >= 0.3 is 5.97 Å². The van der Waals surface area contributed by atoms with Gasteiger partial charge in [-0.1, -0.05) is 0 Å². The minimum absolute atomic E-state index is 0.0685. The van der Waals surface area contributed by atoms with Crippen LogP contribution in [0.4, 0.5) is 0 Å².